The van der Waals surface area contributed by atoms with Crippen LogP contribution in [0.4, 0.5) is 17.1 Å². The second-order valence-corrected chi connectivity index (χ2v) is 15.6. The molecule has 0 saturated heterocycles. The van der Waals surface area contributed by atoms with E-state index >= 15 is 0 Å². The van der Waals surface area contributed by atoms with Gasteiger partial charge in [0, 0.05) is 48.0 Å². The molecule has 0 spiro atoms. The Labute approximate surface area is 335 Å². The molecule has 2 aromatic heterocycles. The van der Waals surface area contributed by atoms with Crippen LogP contribution in [0.1, 0.15) is 0 Å². The summed E-state index contributed by atoms with van der Waals surface area (Å²) in [5.74, 6) is 0. The predicted molar refractivity (Wildman–Crippen MR) is 243 cm³/mol. The van der Waals surface area contributed by atoms with Crippen LogP contribution in [-0.4, -0.2) is 0 Å². The van der Waals surface area contributed by atoms with Crippen molar-refractivity contribution in [1.29, 1.82) is 0 Å². The van der Waals surface area contributed by atoms with Crippen LogP contribution >= 0.6 is 11.3 Å². The largest absolute Gasteiger partial charge is 0.456 e. The third-order valence-corrected chi connectivity index (χ3v) is 12.3. The number of benzene rings is 9. The van der Waals surface area contributed by atoms with E-state index < -0.39 is 0 Å². The Morgan fingerprint density at radius 1 is 0.281 bits per heavy atom. The van der Waals surface area contributed by atoms with Gasteiger partial charge in [0.15, 0.2) is 0 Å². The first kappa shape index (κ1) is 33.2. The minimum Gasteiger partial charge on any atom is -0.456 e. The molecule has 9 aromatic carbocycles. The van der Waals surface area contributed by atoms with Crippen LogP contribution < -0.4 is 4.90 Å². The van der Waals surface area contributed by atoms with Crippen LogP contribution in [0.15, 0.2) is 217 Å². The van der Waals surface area contributed by atoms with Crippen molar-refractivity contribution in [2.45, 2.75) is 0 Å². The highest BCUT2D eigenvalue weighted by molar-refractivity contribution is 7.25. The van der Waals surface area contributed by atoms with Crippen molar-refractivity contribution in [3.63, 3.8) is 0 Å². The van der Waals surface area contributed by atoms with Gasteiger partial charge in [0.1, 0.15) is 11.2 Å². The lowest BCUT2D eigenvalue weighted by molar-refractivity contribution is 0.669. The zero-order chi connectivity index (χ0) is 37.7. The van der Waals surface area contributed by atoms with Crippen molar-refractivity contribution in [3.8, 4) is 44.5 Å². The maximum atomic E-state index is 6.37. The summed E-state index contributed by atoms with van der Waals surface area (Å²) in [6.45, 7) is 0. The van der Waals surface area contributed by atoms with Gasteiger partial charge in [-0.25, -0.2) is 0 Å². The third-order valence-electron chi connectivity index (χ3n) is 11.1. The fraction of sp³-hybridized carbons (Fsp3) is 0. The molecule has 0 saturated carbocycles. The van der Waals surface area contributed by atoms with Crippen molar-refractivity contribution >= 4 is 70.5 Å². The first-order chi connectivity index (χ1) is 28.2. The summed E-state index contributed by atoms with van der Waals surface area (Å²) in [6.07, 6.45) is 0. The number of fused-ring (bicyclic) bond motifs is 6. The lowest BCUT2D eigenvalue weighted by atomic mass is 9.99. The van der Waals surface area contributed by atoms with Crippen LogP contribution in [0, 0.1) is 0 Å². The summed E-state index contributed by atoms with van der Waals surface area (Å²) in [5.41, 5.74) is 14.6. The highest BCUT2D eigenvalue weighted by Crippen LogP contribution is 2.41. The predicted octanol–water partition coefficient (Wildman–Crippen LogP) is 16.1. The topological polar surface area (TPSA) is 16.4 Å². The average molecular weight is 746 g/mol. The van der Waals surface area contributed by atoms with Crippen molar-refractivity contribution in [1.82, 2.24) is 0 Å². The number of hydrogen-bond donors (Lipinski definition) is 0. The molecule has 2 nitrogen and oxygen atoms in total. The van der Waals surface area contributed by atoms with E-state index in [1.807, 2.05) is 11.3 Å². The van der Waals surface area contributed by atoms with E-state index in [0.717, 1.165) is 50.1 Å². The number of nitrogens with zero attached hydrogens (tertiary/aromatic N) is 1. The molecule has 0 N–H and O–H groups in total. The lowest BCUT2D eigenvalue weighted by Crippen LogP contribution is -2.09. The summed E-state index contributed by atoms with van der Waals surface area (Å²) in [5, 5.41) is 4.87. The molecular formula is C54H35NOS. The molecule has 2 heterocycles. The van der Waals surface area contributed by atoms with Gasteiger partial charge in [-0.15, -0.1) is 11.3 Å². The second kappa shape index (κ2) is 13.8. The molecule has 0 amide bonds. The molecule has 0 radical (unpaired) electrons. The SMILES string of the molecule is c1ccc(-c2ccc(N(c3ccc(-c4ccccc4)cc3)c3ccc(-c4ccc5oc6ccc(-c7ccc8sc9ccccc9c8c7)cc6c5c4)cc3)cc2)cc1. The van der Waals surface area contributed by atoms with Crippen molar-refractivity contribution in [2.24, 2.45) is 0 Å². The monoisotopic (exact) mass is 745 g/mol. The Morgan fingerprint density at radius 3 is 1.18 bits per heavy atom. The highest BCUT2D eigenvalue weighted by atomic mass is 32.1. The number of rotatable bonds is 7. The van der Waals surface area contributed by atoms with E-state index in [9.17, 15) is 0 Å². The van der Waals surface area contributed by atoms with E-state index in [-0.39, 0.29) is 0 Å². The van der Waals surface area contributed by atoms with E-state index in [1.54, 1.807) is 0 Å². The molecule has 0 atom stereocenters. The smallest absolute Gasteiger partial charge is 0.135 e. The molecule has 268 valence electrons. The van der Waals surface area contributed by atoms with Gasteiger partial charge in [0.25, 0.3) is 0 Å². The van der Waals surface area contributed by atoms with Crippen LogP contribution in [0.5, 0.6) is 0 Å². The maximum Gasteiger partial charge on any atom is 0.135 e. The van der Waals surface area contributed by atoms with Gasteiger partial charge in [-0.3, -0.25) is 0 Å². The number of hydrogen-bond acceptors (Lipinski definition) is 3. The molecule has 11 rings (SSSR count). The Hall–Kier alpha value is -7.20. The molecule has 0 aliphatic rings. The number of furan rings is 1. The van der Waals surface area contributed by atoms with Gasteiger partial charge in [-0.05, 0) is 123 Å². The molecule has 3 heteroatoms. The summed E-state index contributed by atoms with van der Waals surface area (Å²) in [6, 6.07) is 76.4. The van der Waals surface area contributed by atoms with E-state index in [4.69, 9.17) is 4.42 Å². The molecule has 11 aromatic rings. The van der Waals surface area contributed by atoms with Crippen molar-refractivity contribution in [3.05, 3.63) is 212 Å². The number of anilines is 3. The van der Waals surface area contributed by atoms with Crippen molar-refractivity contribution < 1.29 is 4.42 Å². The van der Waals surface area contributed by atoms with Gasteiger partial charge in [0.2, 0.25) is 0 Å². The first-order valence-corrected chi connectivity index (χ1v) is 20.1. The van der Waals surface area contributed by atoms with Gasteiger partial charge in [-0.2, -0.15) is 0 Å². The standard InChI is InChI=1S/C54H35NOS/c1-3-9-36(10-4-1)38-15-24-44(25-16-38)55(45-26-17-39(18-27-45)37-11-5-2-6-12-37)46-28-19-40(20-29-46)41-21-30-51-48(33-41)49-34-42(22-31-52(49)56-51)43-23-32-54-50(35-43)47-13-7-8-14-53(47)57-54/h1-35H. The van der Waals surface area contributed by atoms with Crippen LogP contribution in [0.25, 0.3) is 86.6 Å². The Balaban J connectivity index is 0.946. The fourth-order valence-electron chi connectivity index (χ4n) is 8.16. The summed E-state index contributed by atoms with van der Waals surface area (Å²) >= 11 is 1.85. The minimum absolute atomic E-state index is 0.894. The first-order valence-electron chi connectivity index (χ1n) is 19.3. The van der Waals surface area contributed by atoms with Crippen LogP contribution in [0.2, 0.25) is 0 Å². The highest BCUT2D eigenvalue weighted by Gasteiger charge is 2.16. The van der Waals surface area contributed by atoms with Gasteiger partial charge in [-0.1, -0.05) is 133 Å². The zero-order valence-electron chi connectivity index (χ0n) is 31.0. The molecule has 0 aliphatic carbocycles. The Bertz CT molecular complexity index is 3110. The molecule has 0 bridgehead atoms. The van der Waals surface area contributed by atoms with Crippen LogP contribution in [-0.2, 0) is 0 Å². The molecule has 0 unspecified atom stereocenters. The quantitative estimate of drug-likeness (QED) is 0.162. The second-order valence-electron chi connectivity index (χ2n) is 14.5. The normalized spacial score (nSPS) is 11.5. The van der Waals surface area contributed by atoms with Gasteiger partial charge < -0.3 is 9.32 Å². The van der Waals surface area contributed by atoms with Gasteiger partial charge >= 0.3 is 0 Å². The van der Waals surface area contributed by atoms with E-state index in [1.165, 1.54) is 53.6 Å². The summed E-state index contributed by atoms with van der Waals surface area (Å²) < 4.78 is 9.00. The van der Waals surface area contributed by atoms with Crippen molar-refractivity contribution in [2.75, 3.05) is 4.90 Å². The Kier molecular flexibility index (Phi) is 8.04. The minimum atomic E-state index is 0.894. The third kappa shape index (κ3) is 6.06. The van der Waals surface area contributed by atoms with Crippen LogP contribution in [0.3, 0.4) is 0 Å². The average Bonchev–Trinajstić information content (AvgIpc) is 3.85. The molecule has 57 heavy (non-hydrogen) atoms. The maximum absolute atomic E-state index is 6.37. The summed E-state index contributed by atoms with van der Waals surface area (Å²) in [4.78, 5) is 2.33. The van der Waals surface area contributed by atoms with E-state index in [0.29, 0.717) is 0 Å². The molecule has 0 aliphatic heterocycles. The fourth-order valence-corrected chi connectivity index (χ4v) is 9.25. The summed E-state index contributed by atoms with van der Waals surface area (Å²) in [7, 11) is 0. The zero-order valence-corrected chi connectivity index (χ0v) is 31.8. The molecule has 0 fully saturated rings. The van der Waals surface area contributed by atoms with Gasteiger partial charge in [0.05, 0.1) is 0 Å². The molecular weight excluding hydrogens is 711 g/mol. The Morgan fingerprint density at radius 2 is 0.649 bits per heavy atom. The lowest BCUT2D eigenvalue weighted by Gasteiger charge is -2.26. The van der Waals surface area contributed by atoms with E-state index in [2.05, 4.69) is 217 Å². The number of thiophene rings is 1.